The van der Waals surface area contributed by atoms with Crippen LogP contribution in [0.1, 0.15) is 30.4 Å². The van der Waals surface area contributed by atoms with Gasteiger partial charge in [0, 0.05) is 17.8 Å². The van der Waals surface area contributed by atoms with Crippen LogP contribution in [0.4, 0.5) is 18.9 Å². The highest BCUT2D eigenvalue weighted by atomic mass is 32.2. The molecule has 0 spiro atoms. The zero-order valence-corrected chi connectivity index (χ0v) is 13.4. The molecule has 21 heavy (non-hydrogen) atoms. The lowest BCUT2D eigenvalue weighted by molar-refractivity contribution is -0.137. The summed E-state index contributed by atoms with van der Waals surface area (Å²) in [7, 11) is 0. The summed E-state index contributed by atoms with van der Waals surface area (Å²) in [4.78, 5) is -0.244. The van der Waals surface area contributed by atoms with Gasteiger partial charge in [0.1, 0.15) is 4.99 Å². The van der Waals surface area contributed by atoms with Crippen molar-refractivity contribution in [3.63, 3.8) is 0 Å². The predicted molar refractivity (Wildman–Crippen MR) is 88.1 cm³/mol. The van der Waals surface area contributed by atoms with Gasteiger partial charge in [-0.3, -0.25) is 0 Å². The number of halogens is 3. The summed E-state index contributed by atoms with van der Waals surface area (Å²) in [6, 6.07) is 3.80. The van der Waals surface area contributed by atoms with Crippen molar-refractivity contribution in [2.75, 3.05) is 23.9 Å². The van der Waals surface area contributed by atoms with Crippen molar-refractivity contribution in [2.24, 2.45) is 5.73 Å². The molecule has 0 aliphatic rings. The van der Waals surface area contributed by atoms with E-state index in [1.165, 1.54) is 12.1 Å². The number of nitrogens with one attached hydrogen (secondary N) is 1. The Hall–Kier alpha value is -0.950. The zero-order chi connectivity index (χ0) is 15.9. The second-order valence-electron chi connectivity index (χ2n) is 4.60. The first-order valence-corrected chi connectivity index (χ1v) is 8.40. The zero-order valence-electron chi connectivity index (χ0n) is 11.8. The van der Waals surface area contributed by atoms with Crippen molar-refractivity contribution in [1.82, 2.24) is 0 Å². The average Bonchev–Trinajstić information content (AvgIpc) is 2.41. The minimum absolute atomic E-state index is 0.134. The van der Waals surface area contributed by atoms with E-state index in [1.807, 2.05) is 11.8 Å². The highest BCUT2D eigenvalue weighted by Gasteiger charge is 2.33. The van der Waals surface area contributed by atoms with Crippen molar-refractivity contribution < 1.29 is 13.2 Å². The number of nitrogens with two attached hydrogens (primary N) is 1. The molecule has 0 bridgehead atoms. The summed E-state index contributed by atoms with van der Waals surface area (Å²) in [5, 5.41) is 3.11. The molecule has 0 fully saturated rings. The predicted octanol–water partition coefficient (Wildman–Crippen LogP) is 4.28. The van der Waals surface area contributed by atoms with Gasteiger partial charge in [-0.15, -0.1) is 0 Å². The molecule has 0 heterocycles. The first-order chi connectivity index (χ1) is 9.86. The van der Waals surface area contributed by atoms with E-state index in [2.05, 4.69) is 11.6 Å². The minimum Gasteiger partial charge on any atom is -0.389 e. The van der Waals surface area contributed by atoms with E-state index in [9.17, 15) is 13.2 Å². The third-order valence-electron chi connectivity index (χ3n) is 2.94. The van der Waals surface area contributed by atoms with E-state index in [0.29, 0.717) is 5.69 Å². The molecule has 0 aliphatic carbocycles. The summed E-state index contributed by atoms with van der Waals surface area (Å²) in [6.07, 6.45) is 0.835. The number of thioether (sulfide) groups is 1. The van der Waals surface area contributed by atoms with Gasteiger partial charge in [0.15, 0.2) is 0 Å². The first kappa shape index (κ1) is 18.1. The van der Waals surface area contributed by atoms with Gasteiger partial charge in [0.25, 0.3) is 0 Å². The Morgan fingerprint density at radius 2 is 2.00 bits per heavy atom. The van der Waals surface area contributed by atoms with Crippen LogP contribution in [-0.4, -0.2) is 23.5 Å². The summed E-state index contributed by atoms with van der Waals surface area (Å²) in [6.45, 7) is 0.719. The van der Waals surface area contributed by atoms with Crippen LogP contribution in [0.15, 0.2) is 18.2 Å². The second kappa shape index (κ2) is 8.48. The normalized spacial score (nSPS) is 11.4. The van der Waals surface area contributed by atoms with E-state index >= 15 is 0 Å². The molecule has 0 atom stereocenters. The van der Waals surface area contributed by atoms with Gasteiger partial charge in [0.05, 0.1) is 5.56 Å². The van der Waals surface area contributed by atoms with Crippen LogP contribution in [0, 0.1) is 0 Å². The van der Waals surface area contributed by atoms with Gasteiger partial charge >= 0.3 is 6.18 Å². The molecule has 0 saturated heterocycles. The Labute approximate surface area is 132 Å². The number of anilines is 1. The summed E-state index contributed by atoms with van der Waals surface area (Å²) < 4.78 is 38.5. The van der Waals surface area contributed by atoms with E-state index in [-0.39, 0.29) is 10.6 Å². The lowest BCUT2D eigenvalue weighted by Gasteiger charge is -2.14. The van der Waals surface area contributed by atoms with Crippen LogP contribution in [0.25, 0.3) is 0 Å². The Kier molecular flexibility index (Phi) is 7.31. The number of rotatable bonds is 8. The lowest BCUT2D eigenvalue weighted by atomic mass is 10.1. The topological polar surface area (TPSA) is 38.0 Å². The fourth-order valence-corrected chi connectivity index (χ4v) is 2.55. The Bertz CT molecular complexity index is 476. The largest absolute Gasteiger partial charge is 0.417 e. The van der Waals surface area contributed by atoms with Crippen LogP contribution in [-0.2, 0) is 6.18 Å². The van der Waals surface area contributed by atoms with Gasteiger partial charge in [0.2, 0.25) is 0 Å². The average molecular weight is 336 g/mol. The molecule has 0 aromatic heterocycles. The van der Waals surface area contributed by atoms with Crippen LogP contribution in [0.5, 0.6) is 0 Å². The standard InChI is InChI=1S/C14H19F3N2S2/c1-21-8-4-2-3-7-19-10-5-6-12(14(15,16)17)11(9-10)13(18)20/h5-6,9,19H,2-4,7-8H2,1H3,(H2,18,20). The number of benzene rings is 1. The molecule has 3 N–H and O–H groups in total. The molecular weight excluding hydrogens is 317 g/mol. The SMILES string of the molecule is CSCCCCCNc1ccc(C(F)(F)F)c(C(N)=S)c1. The summed E-state index contributed by atoms with van der Waals surface area (Å²) in [5.41, 5.74) is 5.07. The number of hydrogen-bond acceptors (Lipinski definition) is 3. The third kappa shape index (κ3) is 6.13. The van der Waals surface area contributed by atoms with Crippen molar-refractivity contribution >= 4 is 34.7 Å². The number of unbranched alkanes of at least 4 members (excludes halogenated alkanes) is 2. The van der Waals surface area contributed by atoms with Gasteiger partial charge in [-0.2, -0.15) is 24.9 Å². The fraction of sp³-hybridized carbons (Fsp3) is 0.500. The monoisotopic (exact) mass is 336 g/mol. The molecule has 1 aromatic carbocycles. The molecule has 0 saturated carbocycles. The number of thiocarbonyl (C=S) groups is 1. The lowest BCUT2D eigenvalue weighted by Crippen LogP contribution is -2.18. The molecule has 1 aromatic rings. The van der Waals surface area contributed by atoms with E-state index < -0.39 is 11.7 Å². The molecule has 0 aliphatic heterocycles. The second-order valence-corrected chi connectivity index (χ2v) is 6.03. The van der Waals surface area contributed by atoms with Crippen LogP contribution < -0.4 is 11.1 Å². The van der Waals surface area contributed by atoms with E-state index in [1.54, 1.807) is 0 Å². The smallest absolute Gasteiger partial charge is 0.389 e. The maximum absolute atomic E-state index is 12.8. The van der Waals surface area contributed by atoms with E-state index in [0.717, 1.165) is 37.6 Å². The van der Waals surface area contributed by atoms with Gasteiger partial charge < -0.3 is 11.1 Å². The molecule has 7 heteroatoms. The molecule has 0 unspecified atom stereocenters. The summed E-state index contributed by atoms with van der Waals surface area (Å²) >= 11 is 6.52. The first-order valence-electron chi connectivity index (χ1n) is 6.60. The fourth-order valence-electron chi connectivity index (χ4n) is 1.89. The van der Waals surface area contributed by atoms with Crippen molar-refractivity contribution in [3.05, 3.63) is 29.3 Å². The highest BCUT2D eigenvalue weighted by molar-refractivity contribution is 7.98. The highest BCUT2D eigenvalue weighted by Crippen LogP contribution is 2.33. The maximum Gasteiger partial charge on any atom is 0.417 e. The van der Waals surface area contributed by atoms with Crippen LogP contribution in [0.3, 0.4) is 0 Å². The molecule has 1 rings (SSSR count). The molecule has 0 amide bonds. The Morgan fingerprint density at radius 1 is 1.29 bits per heavy atom. The Balaban J connectivity index is 2.65. The van der Waals surface area contributed by atoms with Crippen LogP contribution in [0.2, 0.25) is 0 Å². The van der Waals surface area contributed by atoms with Crippen molar-refractivity contribution in [3.8, 4) is 0 Å². The van der Waals surface area contributed by atoms with Gasteiger partial charge in [-0.25, -0.2) is 0 Å². The Morgan fingerprint density at radius 3 is 2.57 bits per heavy atom. The molecular formula is C14H19F3N2S2. The van der Waals surface area contributed by atoms with Crippen molar-refractivity contribution in [1.29, 1.82) is 0 Å². The molecule has 118 valence electrons. The summed E-state index contributed by atoms with van der Waals surface area (Å²) in [5.74, 6) is 1.13. The van der Waals surface area contributed by atoms with Gasteiger partial charge in [-0.1, -0.05) is 18.6 Å². The maximum atomic E-state index is 12.8. The molecule has 0 radical (unpaired) electrons. The van der Waals surface area contributed by atoms with Crippen molar-refractivity contribution in [2.45, 2.75) is 25.4 Å². The number of hydrogen-bond donors (Lipinski definition) is 2. The molecule has 2 nitrogen and oxygen atoms in total. The van der Waals surface area contributed by atoms with Crippen LogP contribution >= 0.6 is 24.0 Å². The van der Waals surface area contributed by atoms with E-state index in [4.69, 9.17) is 18.0 Å². The quantitative estimate of drug-likeness (QED) is 0.549. The minimum atomic E-state index is -4.45. The number of alkyl halides is 3. The third-order valence-corrected chi connectivity index (χ3v) is 3.86. The van der Waals surface area contributed by atoms with Gasteiger partial charge in [-0.05, 0) is 43.0 Å².